The second-order valence-electron chi connectivity index (χ2n) is 4.12. The number of methoxy groups -OCH3 is 1. The van der Waals surface area contributed by atoms with E-state index in [1.807, 2.05) is 0 Å². The molecule has 0 spiro atoms. The third kappa shape index (κ3) is 2.89. The minimum absolute atomic E-state index is 0.0148. The van der Waals surface area contributed by atoms with E-state index in [1.54, 1.807) is 12.1 Å². The maximum absolute atomic E-state index is 11.5. The van der Waals surface area contributed by atoms with Crippen molar-refractivity contribution in [2.24, 2.45) is 0 Å². The Morgan fingerprint density at radius 2 is 2.44 bits per heavy atom. The number of nitrogens with one attached hydrogen (secondary N) is 2. The molecule has 6 nitrogen and oxygen atoms in total. The predicted octanol–water partition coefficient (Wildman–Crippen LogP) is 0.434. The van der Waals surface area contributed by atoms with Gasteiger partial charge in [0.15, 0.2) is 0 Å². The zero-order chi connectivity index (χ0) is 13.0. The Bertz CT molecular complexity index is 441. The molecule has 1 aromatic heterocycles. The molecule has 1 unspecified atom stereocenters. The standard InChI is InChI=1S/C12H16N2O4/c1-17-12(16)10-5-4-8(18-10)7-14-9-3-2-6-13-11(9)15/h4-5,9,14H,2-3,6-7H2,1H3,(H,13,15). The molecule has 0 radical (unpaired) electrons. The van der Waals surface area contributed by atoms with Crippen molar-refractivity contribution in [1.29, 1.82) is 0 Å². The molecule has 18 heavy (non-hydrogen) atoms. The Morgan fingerprint density at radius 3 is 3.17 bits per heavy atom. The average Bonchev–Trinajstić information content (AvgIpc) is 2.86. The van der Waals surface area contributed by atoms with E-state index < -0.39 is 5.97 Å². The van der Waals surface area contributed by atoms with Crippen molar-refractivity contribution in [3.63, 3.8) is 0 Å². The first-order chi connectivity index (χ1) is 8.70. The molecular weight excluding hydrogens is 236 g/mol. The van der Waals surface area contributed by atoms with Crippen molar-refractivity contribution < 1.29 is 18.7 Å². The Morgan fingerprint density at radius 1 is 1.61 bits per heavy atom. The number of carbonyl (C=O) groups excluding carboxylic acids is 2. The largest absolute Gasteiger partial charge is 0.463 e. The summed E-state index contributed by atoms with van der Waals surface area (Å²) in [5.41, 5.74) is 0. The number of carbonyl (C=O) groups is 2. The molecule has 1 saturated heterocycles. The monoisotopic (exact) mass is 252 g/mol. The number of piperidine rings is 1. The predicted molar refractivity (Wildman–Crippen MR) is 62.9 cm³/mol. The molecule has 1 aromatic rings. The van der Waals surface area contributed by atoms with Crippen molar-refractivity contribution in [1.82, 2.24) is 10.6 Å². The summed E-state index contributed by atoms with van der Waals surface area (Å²) < 4.78 is 9.84. The highest BCUT2D eigenvalue weighted by Gasteiger charge is 2.21. The van der Waals surface area contributed by atoms with Crippen LogP contribution in [0.4, 0.5) is 0 Å². The van der Waals surface area contributed by atoms with Gasteiger partial charge in [-0.1, -0.05) is 0 Å². The average molecular weight is 252 g/mol. The van der Waals surface area contributed by atoms with Gasteiger partial charge in [0.05, 0.1) is 19.7 Å². The third-order valence-electron chi connectivity index (χ3n) is 2.86. The first-order valence-electron chi connectivity index (χ1n) is 5.89. The van der Waals surface area contributed by atoms with Crippen molar-refractivity contribution in [2.45, 2.75) is 25.4 Å². The number of hydrogen-bond acceptors (Lipinski definition) is 5. The van der Waals surface area contributed by atoms with Gasteiger partial charge in [-0.15, -0.1) is 0 Å². The highest BCUT2D eigenvalue weighted by Crippen LogP contribution is 2.10. The molecular formula is C12H16N2O4. The summed E-state index contributed by atoms with van der Waals surface area (Å²) in [4.78, 5) is 22.7. The van der Waals surface area contributed by atoms with E-state index in [1.165, 1.54) is 7.11 Å². The van der Waals surface area contributed by atoms with Crippen molar-refractivity contribution in [3.05, 3.63) is 23.7 Å². The Hall–Kier alpha value is -1.82. The quantitative estimate of drug-likeness (QED) is 0.760. The summed E-state index contributed by atoms with van der Waals surface area (Å²) in [7, 11) is 1.30. The van der Waals surface area contributed by atoms with Crippen LogP contribution in [-0.4, -0.2) is 31.6 Å². The van der Waals surface area contributed by atoms with E-state index in [0.29, 0.717) is 12.3 Å². The lowest BCUT2D eigenvalue weighted by molar-refractivity contribution is -0.124. The number of furan rings is 1. The molecule has 0 saturated carbocycles. The summed E-state index contributed by atoms with van der Waals surface area (Å²) in [6.07, 6.45) is 1.78. The zero-order valence-corrected chi connectivity index (χ0v) is 10.2. The summed E-state index contributed by atoms with van der Waals surface area (Å²) in [6.45, 7) is 1.15. The van der Waals surface area contributed by atoms with Crippen LogP contribution in [-0.2, 0) is 16.1 Å². The van der Waals surface area contributed by atoms with E-state index in [2.05, 4.69) is 15.4 Å². The van der Waals surface area contributed by atoms with Gasteiger partial charge < -0.3 is 14.5 Å². The van der Waals surface area contributed by atoms with Crippen molar-refractivity contribution >= 4 is 11.9 Å². The molecule has 6 heteroatoms. The highest BCUT2D eigenvalue weighted by molar-refractivity contribution is 5.86. The Kier molecular flexibility index (Phi) is 3.99. The van der Waals surface area contributed by atoms with Gasteiger partial charge in [0.1, 0.15) is 5.76 Å². The van der Waals surface area contributed by atoms with Gasteiger partial charge in [-0.2, -0.15) is 0 Å². The Balaban J connectivity index is 1.88. The molecule has 98 valence electrons. The van der Waals surface area contributed by atoms with E-state index >= 15 is 0 Å². The minimum Gasteiger partial charge on any atom is -0.463 e. The number of amides is 1. The molecule has 1 amide bonds. The van der Waals surface area contributed by atoms with Crippen LogP contribution in [0.5, 0.6) is 0 Å². The smallest absolute Gasteiger partial charge is 0.373 e. The molecule has 0 aliphatic carbocycles. The number of ether oxygens (including phenoxy) is 1. The summed E-state index contributed by atoms with van der Waals surface area (Å²) in [5.74, 6) is 0.286. The van der Waals surface area contributed by atoms with Crippen LogP contribution in [0.1, 0.15) is 29.2 Å². The fourth-order valence-electron chi connectivity index (χ4n) is 1.87. The van der Waals surface area contributed by atoms with Crippen LogP contribution in [0.15, 0.2) is 16.5 Å². The molecule has 1 aliphatic heterocycles. The maximum Gasteiger partial charge on any atom is 0.373 e. The topological polar surface area (TPSA) is 80.6 Å². The van der Waals surface area contributed by atoms with E-state index in [-0.39, 0.29) is 17.7 Å². The highest BCUT2D eigenvalue weighted by atomic mass is 16.5. The minimum atomic E-state index is -0.503. The van der Waals surface area contributed by atoms with Crippen LogP contribution in [0.2, 0.25) is 0 Å². The molecule has 1 fully saturated rings. The van der Waals surface area contributed by atoms with Gasteiger partial charge in [-0.3, -0.25) is 10.1 Å². The fraction of sp³-hybridized carbons (Fsp3) is 0.500. The molecule has 2 rings (SSSR count). The molecule has 1 atom stereocenters. The van der Waals surface area contributed by atoms with Crippen molar-refractivity contribution in [3.8, 4) is 0 Å². The molecule has 2 heterocycles. The summed E-state index contributed by atoms with van der Waals surface area (Å²) in [6, 6.07) is 3.06. The van der Waals surface area contributed by atoms with Crippen LogP contribution in [0.3, 0.4) is 0 Å². The lowest BCUT2D eigenvalue weighted by Gasteiger charge is -2.22. The van der Waals surface area contributed by atoms with Crippen LogP contribution >= 0.6 is 0 Å². The van der Waals surface area contributed by atoms with Crippen molar-refractivity contribution in [2.75, 3.05) is 13.7 Å². The van der Waals surface area contributed by atoms with E-state index in [4.69, 9.17) is 4.42 Å². The van der Waals surface area contributed by atoms with Crippen LogP contribution < -0.4 is 10.6 Å². The molecule has 1 aliphatic rings. The maximum atomic E-state index is 11.5. The molecule has 0 bridgehead atoms. The van der Waals surface area contributed by atoms with Crippen LogP contribution in [0, 0.1) is 0 Å². The summed E-state index contributed by atoms with van der Waals surface area (Å²) in [5, 5.41) is 5.89. The number of esters is 1. The van der Waals surface area contributed by atoms with E-state index in [0.717, 1.165) is 19.4 Å². The number of hydrogen-bond donors (Lipinski definition) is 2. The third-order valence-corrected chi connectivity index (χ3v) is 2.86. The van der Waals surface area contributed by atoms with Gasteiger partial charge in [0, 0.05) is 6.54 Å². The lowest BCUT2D eigenvalue weighted by Crippen LogP contribution is -2.47. The normalized spacial score (nSPS) is 19.4. The second-order valence-corrected chi connectivity index (χ2v) is 4.12. The summed E-state index contributed by atoms with van der Waals surface area (Å²) >= 11 is 0. The molecule has 2 N–H and O–H groups in total. The lowest BCUT2D eigenvalue weighted by atomic mass is 10.1. The Labute approximate surface area is 105 Å². The van der Waals surface area contributed by atoms with Gasteiger partial charge in [-0.05, 0) is 25.0 Å². The zero-order valence-electron chi connectivity index (χ0n) is 10.2. The van der Waals surface area contributed by atoms with Gasteiger partial charge in [0.2, 0.25) is 11.7 Å². The fourth-order valence-corrected chi connectivity index (χ4v) is 1.87. The number of rotatable bonds is 4. The first kappa shape index (κ1) is 12.6. The van der Waals surface area contributed by atoms with Gasteiger partial charge >= 0.3 is 5.97 Å². The first-order valence-corrected chi connectivity index (χ1v) is 5.89. The van der Waals surface area contributed by atoms with Gasteiger partial charge in [0.25, 0.3) is 0 Å². The SMILES string of the molecule is COC(=O)c1ccc(CNC2CCCNC2=O)o1. The van der Waals surface area contributed by atoms with Gasteiger partial charge in [-0.25, -0.2) is 4.79 Å². The molecule has 0 aromatic carbocycles. The van der Waals surface area contributed by atoms with Crippen LogP contribution in [0.25, 0.3) is 0 Å². The second kappa shape index (κ2) is 5.68. The van der Waals surface area contributed by atoms with E-state index in [9.17, 15) is 9.59 Å².